The van der Waals surface area contributed by atoms with Gasteiger partial charge in [0.1, 0.15) is 0 Å². The van der Waals surface area contributed by atoms with Gasteiger partial charge in [-0.05, 0) is 25.5 Å². The van der Waals surface area contributed by atoms with Crippen LogP contribution in [0.4, 0.5) is 0 Å². The van der Waals surface area contributed by atoms with E-state index in [0.717, 1.165) is 10.0 Å². The number of halogens is 1. The average molecular weight is 256 g/mol. The summed E-state index contributed by atoms with van der Waals surface area (Å²) in [6, 6.07) is 7.96. The molecule has 0 heterocycles. The normalized spacial score (nSPS) is 10.3. The monoisotopic (exact) mass is 255 g/mol. The van der Waals surface area contributed by atoms with Crippen LogP contribution in [0, 0.1) is 0 Å². The molecule has 0 aliphatic carbocycles. The van der Waals surface area contributed by atoms with E-state index < -0.39 is 0 Å². The van der Waals surface area contributed by atoms with Crippen LogP contribution >= 0.6 is 15.9 Å². The Kier molecular flexibility index (Phi) is 4.14. The largest absolute Gasteiger partial charge is 0.354 e. The molecule has 1 rings (SSSR count). The quantitative estimate of drug-likeness (QED) is 0.884. The highest BCUT2D eigenvalue weighted by atomic mass is 79.9. The molecule has 1 N–H and O–H groups in total. The minimum absolute atomic E-state index is 0.0619. The number of benzene rings is 1. The van der Waals surface area contributed by atoms with Crippen LogP contribution in [0.3, 0.4) is 0 Å². The van der Waals surface area contributed by atoms with E-state index in [9.17, 15) is 4.79 Å². The molecule has 0 aliphatic heterocycles. The zero-order chi connectivity index (χ0) is 10.6. The molecule has 1 amide bonds. The fraction of sp³-hybridized carbons (Fsp3) is 0.364. The molecule has 0 saturated carbocycles. The Morgan fingerprint density at radius 2 is 2.07 bits per heavy atom. The van der Waals surface area contributed by atoms with Gasteiger partial charge in [-0.2, -0.15) is 0 Å². The lowest BCUT2D eigenvalue weighted by Gasteiger charge is -2.08. The number of nitrogens with one attached hydrogen (secondary N) is 1. The molecule has 0 atom stereocenters. The zero-order valence-electron chi connectivity index (χ0n) is 8.38. The summed E-state index contributed by atoms with van der Waals surface area (Å²) >= 11 is 3.41. The van der Waals surface area contributed by atoms with Gasteiger partial charge in [0.05, 0.1) is 6.42 Å². The Labute approximate surface area is 92.8 Å². The van der Waals surface area contributed by atoms with E-state index >= 15 is 0 Å². The molecule has 0 fully saturated rings. The zero-order valence-corrected chi connectivity index (χ0v) is 9.97. The first-order valence-electron chi connectivity index (χ1n) is 4.62. The molecule has 1 aromatic rings. The summed E-state index contributed by atoms with van der Waals surface area (Å²) in [5, 5.41) is 2.86. The molecule has 0 unspecified atom stereocenters. The molecule has 2 nitrogen and oxygen atoms in total. The highest BCUT2D eigenvalue weighted by molar-refractivity contribution is 9.10. The maximum atomic E-state index is 11.4. The van der Waals surface area contributed by atoms with Gasteiger partial charge in [-0.3, -0.25) is 4.79 Å². The lowest BCUT2D eigenvalue weighted by molar-refractivity contribution is -0.120. The second-order valence-electron chi connectivity index (χ2n) is 3.49. The van der Waals surface area contributed by atoms with Crippen LogP contribution in [0.2, 0.25) is 0 Å². The van der Waals surface area contributed by atoms with Crippen molar-refractivity contribution in [3.63, 3.8) is 0 Å². The summed E-state index contributed by atoms with van der Waals surface area (Å²) in [5.41, 5.74) is 1.02. The van der Waals surface area contributed by atoms with Gasteiger partial charge in [0.15, 0.2) is 0 Å². The van der Waals surface area contributed by atoms with Crippen LogP contribution < -0.4 is 5.32 Å². The van der Waals surface area contributed by atoms with Crippen molar-refractivity contribution < 1.29 is 4.79 Å². The van der Waals surface area contributed by atoms with Crippen LogP contribution in [-0.4, -0.2) is 11.9 Å². The Morgan fingerprint density at radius 1 is 1.43 bits per heavy atom. The Balaban J connectivity index is 2.61. The van der Waals surface area contributed by atoms with Gasteiger partial charge in [-0.15, -0.1) is 0 Å². The van der Waals surface area contributed by atoms with E-state index in [2.05, 4.69) is 21.2 Å². The molecule has 0 aromatic heterocycles. The molecule has 1 aromatic carbocycles. The smallest absolute Gasteiger partial charge is 0.224 e. The fourth-order valence-corrected chi connectivity index (χ4v) is 1.61. The predicted molar refractivity (Wildman–Crippen MR) is 61.1 cm³/mol. The third kappa shape index (κ3) is 3.50. The molecule has 0 spiro atoms. The number of rotatable bonds is 3. The van der Waals surface area contributed by atoms with Gasteiger partial charge >= 0.3 is 0 Å². The van der Waals surface area contributed by atoms with Crippen molar-refractivity contribution in [3.8, 4) is 0 Å². The van der Waals surface area contributed by atoms with Gasteiger partial charge in [-0.25, -0.2) is 0 Å². The number of carbonyl (C=O) groups is 1. The topological polar surface area (TPSA) is 29.1 Å². The van der Waals surface area contributed by atoms with Crippen molar-refractivity contribution in [2.45, 2.75) is 26.3 Å². The summed E-state index contributed by atoms with van der Waals surface area (Å²) < 4.78 is 0.985. The molecule has 14 heavy (non-hydrogen) atoms. The van der Waals surface area contributed by atoms with Crippen LogP contribution in [0.15, 0.2) is 28.7 Å². The standard InChI is InChI=1S/C11H14BrNO/c1-8(2)13-11(14)7-9-5-3-4-6-10(9)12/h3-6,8H,7H2,1-2H3,(H,13,14). The third-order valence-corrected chi connectivity index (χ3v) is 2.53. The SMILES string of the molecule is CC(C)NC(=O)Cc1ccccc1Br. The highest BCUT2D eigenvalue weighted by Crippen LogP contribution is 2.16. The van der Waals surface area contributed by atoms with E-state index in [1.54, 1.807) is 0 Å². The number of hydrogen-bond donors (Lipinski definition) is 1. The first-order valence-corrected chi connectivity index (χ1v) is 5.41. The number of amides is 1. The van der Waals surface area contributed by atoms with Crippen molar-refractivity contribution in [2.24, 2.45) is 0 Å². The summed E-state index contributed by atoms with van der Waals surface area (Å²) in [6.45, 7) is 3.91. The van der Waals surface area contributed by atoms with E-state index in [4.69, 9.17) is 0 Å². The highest BCUT2D eigenvalue weighted by Gasteiger charge is 2.06. The molecule has 0 aliphatic rings. The van der Waals surface area contributed by atoms with E-state index in [1.165, 1.54) is 0 Å². The van der Waals surface area contributed by atoms with Crippen LogP contribution in [0.1, 0.15) is 19.4 Å². The van der Waals surface area contributed by atoms with Gasteiger partial charge < -0.3 is 5.32 Å². The lowest BCUT2D eigenvalue weighted by atomic mass is 10.1. The second kappa shape index (κ2) is 5.15. The maximum absolute atomic E-state index is 11.4. The van der Waals surface area contributed by atoms with Crippen LogP contribution in [0.25, 0.3) is 0 Å². The third-order valence-electron chi connectivity index (χ3n) is 1.76. The van der Waals surface area contributed by atoms with Gasteiger partial charge in [0.25, 0.3) is 0 Å². The van der Waals surface area contributed by atoms with E-state index in [0.29, 0.717) is 6.42 Å². The number of hydrogen-bond acceptors (Lipinski definition) is 1. The summed E-state index contributed by atoms with van der Waals surface area (Å²) in [4.78, 5) is 11.4. The minimum Gasteiger partial charge on any atom is -0.354 e. The number of carbonyl (C=O) groups excluding carboxylic acids is 1. The second-order valence-corrected chi connectivity index (χ2v) is 4.34. The van der Waals surface area contributed by atoms with Crippen LogP contribution in [-0.2, 0) is 11.2 Å². The fourth-order valence-electron chi connectivity index (χ4n) is 1.19. The summed E-state index contributed by atoms with van der Waals surface area (Å²) in [7, 11) is 0. The van der Waals surface area contributed by atoms with E-state index in [1.807, 2.05) is 38.1 Å². The Morgan fingerprint density at radius 3 is 2.64 bits per heavy atom. The Hall–Kier alpha value is -0.830. The molecular weight excluding hydrogens is 242 g/mol. The van der Waals surface area contributed by atoms with Crippen molar-refractivity contribution in [2.75, 3.05) is 0 Å². The van der Waals surface area contributed by atoms with Gasteiger partial charge in [0, 0.05) is 10.5 Å². The van der Waals surface area contributed by atoms with Gasteiger partial charge in [-0.1, -0.05) is 34.1 Å². The Bertz CT molecular complexity index is 323. The van der Waals surface area contributed by atoms with Crippen molar-refractivity contribution in [1.82, 2.24) is 5.32 Å². The molecule has 3 heteroatoms. The predicted octanol–water partition coefficient (Wildman–Crippen LogP) is 2.52. The molecule has 0 radical (unpaired) electrons. The summed E-state index contributed by atoms with van der Waals surface area (Å²) in [6.07, 6.45) is 0.430. The van der Waals surface area contributed by atoms with Crippen LogP contribution in [0.5, 0.6) is 0 Å². The van der Waals surface area contributed by atoms with Crippen molar-refractivity contribution in [3.05, 3.63) is 34.3 Å². The average Bonchev–Trinajstić information content (AvgIpc) is 2.07. The molecule has 0 saturated heterocycles. The maximum Gasteiger partial charge on any atom is 0.224 e. The van der Waals surface area contributed by atoms with Crippen molar-refractivity contribution >= 4 is 21.8 Å². The van der Waals surface area contributed by atoms with E-state index in [-0.39, 0.29) is 11.9 Å². The summed E-state index contributed by atoms with van der Waals surface area (Å²) in [5.74, 6) is 0.0619. The van der Waals surface area contributed by atoms with Crippen molar-refractivity contribution in [1.29, 1.82) is 0 Å². The first kappa shape index (κ1) is 11.2. The molecule has 0 bridgehead atoms. The molecular formula is C11H14BrNO. The lowest BCUT2D eigenvalue weighted by Crippen LogP contribution is -2.31. The van der Waals surface area contributed by atoms with Gasteiger partial charge in [0.2, 0.25) is 5.91 Å². The molecule has 76 valence electrons. The minimum atomic E-state index is 0.0619. The first-order chi connectivity index (χ1) is 6.59.